The molecule has 0 spiro atoms. The molecule has 1 aromatic heterocycles. The Morgan fingerprint density at radius 3 is 2.85 bits per heavy atom. The summed E-state index contributed by atoms with van der Waals surface area (Å²) >= 11 is 0. The average molecular weight is 277 g/mol. The minimum Gasteiger partial charge on any atom is -0.464 e. The summed E-state index contributed by atoms with van der Waals surface area (Å²) in [4.78, 5) is 29.0. The summed E-state index contributed by atoms with van der Waals surface area (Å²) < 4.78 is 4.61. The van der Waals surface area contributed by atoms with Crippen LogP contribution in [0.15, 0.2) is 18.3 Å². The van der Waals surface area contributed by atoms with Crippen LogP contribution in [0.5, 0.6) is 0 Å². The molecule has 108 valence electrons. The predicted octanol–water partition coefficient (Wildman–Crippen LogP) is 1.29. The fourth-order valence-corrected chi connectivity index (χ4v) is 2.20. The number of amides is 1. The molecule has 6 nitrogen and oxygen atoms in total. The number of aromatic nitrogens is 1. The SMILES string of the molecule is COC(=O)c1cc(NCCC(=O)N2CCCC2)ccn1. The van der Waals surface area contributed by atoms with Crippen LogP contribution in [0.4, 0.5) is 5.69 Å². The lowest BCUT2D eigenvalue weighted by Crippen LogP contribution is -2.29. The molecule has 0 unspecified atom stereocenters. The zero-order valence-electron chi connectivity index (χ0n) is 11.6. The third kappa shape index (κ3) is 3.69. The monoisotopic (exact) mass is 277 g/mol. The lowest BCUT2D eigenvalue weighted by molar-refractivity contribution is -0.129. The zero-order valence-corrected chi connectivity index (χ0v) is 11.6. The second-order valence-electron chi connectivity index (χ2n) is 4.69. The molecule has 1 aliphatic rings. The number of anilines is 1. The van der Waals surface area contributed by atoms with E-state index in [0.29, 0.717) is 13.0 Å². The Labute approximate surface area is 118 Å². The van der Waals surface area contributed by atoms with Crippen molar-refractivity contribution in [2.24, 2.45) is 0 Å². The first-order valence-corrected chi connectivity index (χ1v) is 6.76. The van der Waals surface area contributed by atoms with Crippen LogP contribution in [0.2, 0.25) is 0 Å². The van der Waals surface area contributed by atoms with Crippen molar-refractivity contribution >= 4 is 17.6 Å². The summed E-state index contributed by atoms with van der Waals surface area (Å²) in [6.45, 7) is 2.29. The van der Waals surface area contributed by atoms with E-state index in [1.54, 1.807) is 12.1 Å². The van der Waals surface area contributed by atoms with Gasteiger partial charge in [-0.25, -0.2) is 9.78 Å². The summed E-state index contributed by atoms with van der Waals surface area (Å²) in [5.74, 6) is -0.293. The van der Waals surface area contributed by atoms with Gasteiger partial charge in [0, 0.05) is 37.9 Å². The Morgan fingerprint density at radius 2 is 2.15 bits per heavy atom. The first-order valence-electron chi connectivity index (χ1n) is 6.76. The molecule has 0 aliphatic carbocycles. The van der Waals surface area contributed by atoms with Crippen molar-refractivity contribution in [3.63, 3.8) is 0 Å². The number of carbonyl (C=O) groups excluding carboxylic acids is 2. The summed E-state index contributed by atoms with van der Waals surface area (Å²) in [7, 11) is 1.32. The van der Waals surface area contributed by atoms with Crippen molar-refractivity contribution in [2.75, 3.05) is 32.1 Å². The predicted molar refractivity (Wildman–Crippen MR) is 74.5 cm³/mol. The minimum absolute atomic E-state index is 0.178. The zero-order chi connectivity index (χ0) is 14.4. The molecule has 1 aliphatic heterocycles. The normalized spacial score (nSPS) is 14.2. The molecule has 20 heavy (non-hydrogen) atoms. The minimum atomic E-state index is -0.471. The number of rotatable bonds is 5. The second kappa shape index (κ2) is 6.88. The maximum absolute atomic E-state index is 11.9. The highest BCUT2D eigenvalue weighted by Crippen LogP contribution is 2.11. The molecular weight excluding hydrogens is 258 g/mol. The van der Waals surface area contributed by atoms with Crippen molar-refractivity contribution in [3.8, 4) is 0 Å². The molecule has 1 fully saturated rings. The van der Waals surface area contributed by atoms with E-state index in [1.165, 1.54) is 13.3 Å². The number of pyridine rings is 1. The van der Waals surface area contributed by atoms with Crippen LogP contribution < -0.4 is 5.32 Å². The number of esters is 1. The highest BCUT2D eigenvalue weighted by molar-refractivity contribution is 5.88. The van der Waals surface area contributed by atoms with Gasteiger partial charge in [-0.3, -0.25) is 4.79 Å². The van der Waals surface area contributed by atoms with Gasteiger partial charge < -0.3 is 15.0 Å². The van der Waals surface area contributed by atoms with Crippen molar-refractivity contribution in [3.05, 3.63) is 24.0 Å². The van der Waals surface area contributed by atoms with Gasteiger partial charge in [0.2, 0.25) is 5.91 Å². The Bertz CT molecular complexity index is 484. The van der Waals surface area contributed by atoms with E-state index in [9.17, 15) is 9.59 Å². The van der Waals surface area contributed by atoms with Crippen LogP contribution in [-0.2, 0) is 9.53 Å². The highest BCUT2D eigenvalue weighted by Gasteiger charge is 2.17. The molecule has 1 amide bonds. The number of methoxy groups -OCH3 is 1. The summed E-state index contributed by atoms with van der Waals surface area (Å²) in [5.41, 5.74) is 1.01. The average Bonchev–Trinajstić information content (AvgIpc) is 3.01. The maximum atomic E-state index is 11.9. The van der Waals surface area contributed by atoms with E-state index in [1.807, 2.05) is 4.90 Å². The third-order valence-corrected chi connectivity index (χ3v) is 3.28. The highest BCUT2D eigenvalue weighted by atomic mass is 16.5. The van der Waals surface area contributed by atoms with E-state index >= 15 is 0 Å². The summed E-state index contributed by atoms with van der Waals surface area (Å²) in [6.07, 6.45) is 4.20. The smallest absolute Gasteiger partial charge is 0.356 e. The van der Waals surface area contributed by atoms with Crippen LogP contribution >= 0.6 is 0 Å². The topological polar surface area (TPSA) is 71.5 Å². The van der Waals surface area contributed by atoms with Crippen LogP contribution in [0.3, 0.4) is 0 Å². The number of hydrogen-bond donors (Lipinski definition) is 1. The van der Waals surface area contributed by atoms with Gasteiger partial charge in [0.1, 0.15) is 5.69 Å². The fourth-order valence-electron chi connectivity index (χ4n) is 2.20. The van der Waals surface area contributed by atoms with Crippen LogP contribution in [0.25, 0.3) is 0 Å². The van der Waals surface area contributed by atoms with Gasteiger partial charge in [-0.2, -0.15) is 0 Å². The van der Waals surface area contributed by atoms with Crippen LogP contribution in [-0.4, -0.2) is 48.5 Å². The van der Waals surface area contributed by atoms with E-state index < -0.39 is 5.97 Å². The Morgan fingerprint density at radius 1 is 1.40 bits per heavy atom. The van der Waals surface area contributed by atoms with E-state index in [0.717, 1.165) is 31.6 Å². The van der Waals surface area contributed by atoms with Crippen molar-refractivity contribution < 1.29 is 14.3 Å². The number of likely N-dealkylation sites (tertiary alicyclic amines) is 1. The molecule has 0 radical (unpaired) electrons. The lowest BCUT2D eigenvalue weighted by atomic mass is 10.3. The maximum Gasteiger partial charge on any atom is 0.356 e. The van der Waals surface area contributed by atoms with E-state index in [4.69, 9.17) is 0 Å². The molecule has 1 N–H and O–H groups in total. The quantitative estimate of drug-likeness (QED) is 0.821. The largest absolute Gasteiger partial charge is 0.464 e. The molecule has 0 atom stereocenters. The first kappa shape index (κ1) is 14.3. The Balaban J connectivity index is 1.81. The van der Waals surface area contributed by atoms with Crippen molar-refractivity contribution in [2.45, 2.75) is 19.3 Å². The Hall–Kier alpha value is -2.11. The number of nitrogens with one attached hydrogen (secondary N) is 1. The molecule has 0 saturated carbocycles. The van der Waals surface area contributed by atoms with E-state index in [2.05, 4.69) is 15.0 Å². The van der Waals surface area contributed by atoms with Gasteiger partial charge in [0.05, 0.1) is 7.11 Å². The number of hydrogen-bond acceptors (Lipinski definition) is 5. The molecule has 1 aromatic rings. The third-order valence-electron chi connectivity index (χ3n) is 3.28. The summed E-state index contributed by atoms with van der Waals surface area (Å²) in [6, 6.07) is 3.37. The van der Waals surface area contributed by atoms with Crippen LogP contribution in [0.1, 0.15) is 29.8 Å². The molecule has 0 bridgehead atoms. The van der Waals surface area contributed by atoms with Gasteiger partial charge in [-0.15, -0.1) is 0 Å². The first-order chi connectivity index (χ1) is 9.70. The van der Waals surface area contributed by atoms with Crippen molar-refractivity contribution in [1.29, 1.82) is 0 Å². The molecule has 2 heterocycles. The summed E-state index contributed by atoms with van der Waals surface area (Å²) in [5, 5.41) is 3.12. The number of ether oxygens (including phenoxy) is 1. The standard InChI is InChI=1S/C14H19N3O3/c1-20-14(19)12-10-11(4-6-16-12)15-7-5-13(18)17-8-2-3-9-17/h4,6,10H,2-3,5,7-9H2,1H3,(H,15,16). The van der Waals surface area contributed by atoms with Gasteiger partial charge in [-0.1, -0.05) is 0 Å². The number of carbonyl (C=O) groups is 2. The molecule has 6 heteroatoms. The van der Waals surface area contributed by atoms with Crippen molar-refractivity contribution in [1.82, 2.24) is 9.88 Å². The van der Waals surface area contributed by atoms with Gasteiger partial charge in [0.25, 0.3) is 0 Å². The lowest BCUT2D eigenvalue weighted by Gasteiger charge is -2.15. The van der Waals surface area contributed by atoms with Gasteiger partial charge >= 0.3 is 5.97 Å². The Kier molecular flexibility index (Phi) is 4.92. The second-order valence-corrected chi connectivity index (χ2v) is 4.69. The molecule has 2 rings (SSSR count). The van der Waals surface area contributed by atoms with E-state index in [-0.39, 0.29) is 11.6 Å². The fraction of sp³-hybridized carbons (Fsp3) is 0.500. The molecule has 0 aromatic carbocycles. The molecule has 1 saturated heterocycles. The van der Waals surface area contributed by atoms with Gasteiger partial charge in [0.15, 0.2) is 0 Å². The van der Waals surface area contributed by atoms with Crippen LogP contribution in [0, 0.1) is 0 Å². The molecular formula is C14H19N3O3. The van der Waals surface area contributed by atoms with Gasteiger partial charge in [-0.05, 0) is 25.0 Å². The number of nitrogens with zero attached hydrogens (tertiary/aromatic N) is 2.